The van der Waals surface area contributed by atoms with Crippen LogP contribution in [0.5, 0.6) is 0 Å². The zero-order valence-corrected chi connectivity index (χ0v) is 36.0. The van der Waals surface area contributed by atoms with E-state index in [9.17, 15) is 9.90 Å². The molecule has 0 aliphatic carbocycles. The first-order valence-electron chi connectivity index (χ1n) is 18.5. The quantitative estimate of drug-likeness (QED) is 0.160. The minimum atomic E-state index is -1.05. The summed E-state index contributed by atoms with van der Waals surface area (Å²) in [4.78, 5) is 53.1. The first-order chi connectivity index (χ1) is 26.0. The van der Waals surface area contributed by atoms with E-state index in [1.54, 1.807) is 18.2 Å². The van der Waals surface area contributed by atoms with Gasteiger partial charge in [-0.05, 0) is 72.7 Å². The Labute approximate surface area is 337 Å². The maximum absolute atomic E-state index is 12.2. The van der Waals surface area contributed by atoms with Crippen molar-refractivity contribution in [3.8, 4) is 45.6 Å². The summed E-state index contributed by atoms with van der Waals surface area (Å²) in [6.45, 7) is 19.6. The molecule has 0 radical (unpaired) electrons. The molecule has 9 rings (SSSR count). The largest absolute Gasteiger partial charge is 2.00 e. The Bertz CT molecular complexity index is 2980. The van der Waals surface area contributed by atoms with Crippen LogP contribution in [0.4, 0.5) is 0 Å². The van der Waals surface area contributed by atoms with Gasteiger partial charge in [0.05, 0.1) is 28.9 Å². The molecule has 7 aromatic rings. The smallest absolute Gasteiger partial charge is 0.478 e. The van der Waals surface area contributed by atoms with Crippen molar-refractivity contribution in [2.75, 3.05) is 0 Å². The van der Waals surface area contributed by atoms with E-state index >= 15 is 0 Å². The first-order valence-corrected chi connectivity index (χ1v) is 18.5. The molecule has 2 aliphatic heterocycles. The fraction of sp³-hybridized carbons (Fsp3) is 0.267. The number of carboxylic acids is 1. The van der Waals surface area contributed by atoms with Gasteiger partial charge in [-0.2, -0.15) is 0 Å². The summed E-state index contributed by atoms with van der Waals surface area (Å²) in [5, 5.41) is 13.3. The van der Waals surface area contributed by atoms with Crippen LogP contribution in [0.2, 0.25) is 0 Å². The van der Waals surface area contributed by atoms with Crippen LogP contribution in [0.15, 0.2) is 72.8 Å². The van der Waals surface area contributed by atoms with E-state index in [1.807, 2.05) is 24.3 Å². The number of aromatic nitrogens is 8. The average molecular weight is 790 g/mol. The van der Waals surface area contributed by atoms with Gasteiger partial charge < -0.3 is 35.0 Å². The molecule has 0 unspecified atom stereocenters. The predicted octanol–water partition coefficient (Wildman–Crippen LogP) is 9.72. The summed E-state index contributed by atoms with van der Waals surface area (Å²) < 4.78 is 0. The Balaban J connectivity index is 0.00000441. The number of aromatic carboxylic acids is 1. The van der Waals surface area contributed by atoms with E-state index in [1.165, 1.54) is 0 Å². The number of carbonyl (C=O) groups is 1. The molecule has 1 N–H and O–H groups in total. The molecule has 4 aromatic carbocycles. The number of rotatable bonds is 1. The zero-order valence-electron chi connectivity index (χ0n) is 33.1. The predicted molar refractivity (Wildman–Crippen MR) is 217 cm³/mol. The van der Waals surface area contributed by atoms with Crippen LogP contribution in [-0.4, -0.2) is 41.0 Å². The van der Waals surface area contributed by atoms with Crippen molar-refractivity contribution in [3.05, 3.63) is 95.1 Å². The van der Waals surface area contributed by atoms with Crippen LogP contribution in [0, 0.1) is 0 Å². The van der Waals surface area contributed by atoms with Crippen molar-refractivity contribution in [2.24, 2.45) is 0 Å². The van der Waals surface area contributed by atoms with Gasteiger partial charge in [0.15, 0.2) is 0 Å². The Morgan fingerprint density at radius 2 is 1.09 bits per heavy atom. The molecule has 274 valence electrons. The molecule has 10 nitrogen and oxygen atoms in total. The Hall–Kier alpha value is -5.67. The monoisotopic (exact) mass is 788 g/mol. The third kappa shape index (κ3) is 6.00. The van der Waals surface area contributed by atoms with E-state index in [-0.39, 0.29) is 41.3 Å². The standard InChI is InChI=1S/C45H41N8O2.Zn/c1-43(2,3)23-17-19-25-29(21-23)39-47-34-24-18-16-22(42(54)55)20-28(24)38(46-34)49-36-26-12-10-14-30(44(4,5)6)32(26)41(51-36)53-37-27-13-11-15-31(45(7,8)9)33(27)40(52-37)50-35(25)48-39;/h10-21H,1-9H3,(H2-,46,47,48,49,50,51,52,53,54,55);/q-1;+2/p-1. The maximum atomic E-state index is 12.2. The van der Waals surface area contributed by atoms with E-state index in [0.717, 1.165) is 49.4 Å². The minimum Gasteiger partial charge on any atom is -0.478 e. The van der Waals surface area contributed by atoms with Crippen LogP contribution in [-0.2, 0) is 35.7 Å². The van der Waals surface area contributed by atoms with E-state index in [4.69, 9.17) is 39.9 Å². The fourth-order valence-corrected chi connectivity index (χ4v) is 7.61. The van der Waals surface area contributed by atoms with Gasteiger partial charge in [-0.15, -0.1) is 0 Å². The normalized spacial score (nSPS) is 12.7. The van der Waals surface area contributed by atoms with E-state index < -0.39 is 5.97 Å². The third-order valence-electron chi connectivity index (χ3n) is 10.5. The van der Waals surface area contributed by atoms with Gasteiger partial charge in [-0.25, -0.2) is 14.8 Å². The van der Waals surface area contributed by atoms with Gasteiger partial charge in [0.1, 0.15) is 0 Å². The summed E-state index contributed by atoms with van der Waals surface area (Å²) >= 11 is 0. The number of hydrogen-bond donors (Lipinski definition) is 1. The number of carboxylic acid groups (broad SMARTS) is 1. The molecular formula is C45H40N8O2Zn. The topological polar surface area (TPSA) is 143 Å². The molecule has 0 atom stereocenters. The third-order valence-corrected chi connectivity index (χ3v) is 10.5. The molecule has 0 saturated heterocycles. The molecule has 11 heteroatoms. The average Bonchev–Trinajstić information content (AvgIpc) is 3.85. The van der Waals surface area contributed by atoms with Crippen molar-refractivity contribution in [1.29, 1.82) is 0 Å². The van der Waals surface area contributed by atoms with Gasteiger partial charge in [0.2, 0.25) is 0 Å². The molecule has 0 spiro atoms. The minimum absolute atomic E-state index is 0. The van der Waals surface area contributed by atoms with Crippen LogP contribution in [0.3, 0.4) is 0 Å². The van der Waals surface area contributed by atoms with Crippen LogP contribution in [0.1, 0.15) is 89.4 Å². The van der Waals surface area contributed by atoms with E-state index in [0.29, 0.717) is 57.0 Å². The number of fused-ring (bicyclic) bond motifs is 20. The number of hydrogen-bond acceptors (Lipinski definition) is 7. The SMILES string of the molecule is CC(C)(C)c1ccc2c3nc4nc(nc5[n-]c(nc6nc(nc([n-]3)c2c1)-c1ccc(C(=O)O)cc1-6)c1cccc(C(C)(C)C)c51)-c1cccc(C(C)(C)C)c1-4.[Zn+2]. The van der Waals surface area contributed by atoms with Gasteiger partial charge in [0, 0.05) is 44.8 Å². The van der Waals surface area contributed by atoms with Crippen molar-refractivity contribution in [3.63, 3.8) is 0 Å². The Kier molecular flexibility index (Phi) is 8.44. The van der Waals surface area contributed by atoms with Gasteiger partial charge in [-0.1, -0.05) is 117 Å². The van der Waals surface area contributed by atoms with Gasteiger partial charge in [0.25, 0.3) is 0 Å². The number of benzene rings is 4. The number of nitrogens with zero attached hydrogens (tertiary/aromatic N) is 8. The summed E-state index contributed by atoms with van der Waals surface area (Å²) in [6, 6.07) is 23.5. The van der Waals surface area contributed by atoms with Crippen molar-refractivity contribution >= 4 is 50.1 Å². The molecule has 0 amide bonds. The van der Waals surface area contributed by atoms with Crippen molar-refractivity contribution in [1.82, 2.24) is 39.9 Å². The fourth-order valence-electron chi connectivity index (χ4n) is 7.61. The summed E-state index contributed by atoms with van der Waals surface area (Å²) in [6.07, 6.45) is 0. The van der Waals surface area contributed by atoms with E-state index in [2.05, 4.69) is 92.6 Å². The second-order valence-electron chi connectivity index (χ2n) is 17.5. The molecular weight excluding hydrogens is 750 g/mol. The molecule has 8 bridgehead atoms. The zero-order chi connectivity index (χ0) is 38.8. The molecule has 2 aliphatic rings. The first kappa shape index (κ1) is 37.3. The van der Waals surface area contributed by atoms with Gasteiger partial charge in [-0.3, -0.25) is 0 Å². The molecule has 5 heterocycles. The van der Waals surface area contributed by atoms with Crippen LogP contribution in [0.25, 0.3) is 89.7 Å². The Morgan fingerprint density at radius 1 is 0.518 bits per heavy atom. The van der Waals surface area contributed by atoms with Crippen molar-refractivity contribution < 1.29 is 29.4 Å². The molecule has 0 saturated carbocycles. The summed E-state index contributed by atoms with van der Waals surface area (Å²) in [5.41, 5.74) is 7.60. The molecule has 3 aromatic heterocycles. The molecule has 0 fully saturated rings. The maximum Gasteiger partial charge on any atom is 2.00 e. The van der Waals surface area contributed by atoms with Crippen LogP contribution < -0.4 is 9.97 Å². The van der Waals surface area contributed by atoms with Crippen LogP contribution >= 0.6 is 0 Å². The second-order valence-corrected chi connectivity index (χ2v) is 17.5. The summed E-state index contributed by atoms with van der Waals surface area (Å²) in [7, 11) is 0. The summed E-state index contributed by atoms with van der Waals surface area (Å²) in [5.74, 6) is 0.653. The Morgan fingerprint density at radius 3 is 1.79 bits per heavy atom. The molecule has 56 heavy (non-hydrogen) atoms. The van der Waals surface area contributed by atoms with Crippen molar-refractivity contribution in [2.45, 2.75) is 78.6 Å². The second kappa shape index (κ2) is 12.7. The van der Waals surface area contributed by atoms with Gasteiger partial charge >= 0.3 is 25.4 Å².